The molecule has 0 saturated carbocycles. The number of anilines is 1. The molecule has 23 heavy (non-hydrogen) atoms. The summed E-state index contributed by atoms with van der Waals surface area (Å²) < 4.78 is 0. The van der Waals surface area contributed by atoms with Crippen LogP contribution in [0.4, 0.5) is 5.82 Å². The Morgan fingerprint density at radius 2 is 1.78 bits per heavy atom. The number of hydrogen-bond acceptors (Lipinski definition) is 3. The fourth-order valence-corrected chi connectivity index (χ4v) is 3.02. The van der Waals surface area contributed by atoms with Crippen LogP contribution in [0, 0.1) is 6.92 Å². The number of aryl methyl sites for hydroxylation is 2. The average Bonchev–Trinajstić information content (AvgIpc) is 2.62. The third-order valence-electron chi connectivity index (χ3n) is 4.48. The number of pyridine rings is 1. The molecule has 0 bridgehead atoms. The van der Waals surface area contributed by atoms with Crippen molar-refractivity contribution in [3.8, 4) is 0 Å². The molecule has 0 radical (unpaired) electrons. The zero-order valence-electron chi connectivity index (χ0n) is 13.6. The molecule has 0 spiro atoms. The molecule has 1 aliphatic heterocycles. The highest BCUT2D eigenvalue weighted by molar-refractivity contribution is 5.76. The van der Waals surface area contributed by atoms with Crippen molar-refractivity contribution in [1.29, 1.82) is 0 Å². The number of hydrogen-bond donors (Lipinski definition) is 0. The normalized spacial score (nSPS) is 14.8. The predicted molar refractivity (Wildman–Crippen MR) is 92.5 cm³/mol. The maximum Gasteiger partial charge on any atom is 0.223 e. The molecular weight excluding hydrogens is 286 g/mol. The summed E-state index contributed by atoms with van der Waals surface area (Å²) in [6.45, 7) is 5.37. The second-order valence-corrected chi connectivity index (χ2v) is 5.98. The first-order chi connectivity index (χ1) is 11.2. The SMILES string of the molecule is Cc1ccccc1CCC(=O)N1CCN(c2ccccn2)CC1. The van der Waals surface area contributed by atoms with Gasteiger partial charge in [-0.3, -0.25) is 4.79 Å². The Labute approximate surface area is 137 Å². The van der Waals surface area contributed by atoms with E-state index in [4.69, 9.17) is 0 Å². The van der Waals surface area contributed by atoms with Crippen LogP contribution in [0.1, 0.15) is 17.5 Å². The van der Waals surface area contributed by atoms with Crippen LogP contribution in [0.25, 0.3) is 0 Å². The van der Waals surface area contributed by atoms with Crippen molar-refractivity contribution < 1.29 is 4.79 Å². The Bertz CT molecular complexity index is 649. The van der Waals surface area contributed by atoms with Crippen molar-refractivity contribution in [3.63, 3.8) is 0 Å². The number of piperazine rings is 1. The summed E-state index contributed by atoms with van der Waals surface area (Å²) in [5.41, 5.74) is 2.54. The minimum absolute atomic E-state index is 0.258. The molecule has 0 aliphatic carbocycles. The van der Waals surface area contributed by atoms with Crippen LogP contribution in [0.3, 0.4) is 0 Å². The van der Waals surface area contributed by atoms with Crippen molar-refractivity contribution in [2.45, 2.75) is 19.8 Å². The van der Waals surface area contributed by atoms with Crippen molar-refractivity contribution in [2.75, 3.05) is 31.1 Å². The van der Waals surface area contributed by atoms with Crippen LogP contribution >= 0.6 is 0 Å². The lowest BCUT2D eigenvalue weighted by molar-refractivity contribution is -0.131. The fraction of sp³-hybridized carbons (Fsp3) is 0.368. The molecule has 120 valence electrons. The van der Waals surface area contributed by atoms with Gasteiger partial charge in [-0.1, -0.05) is 30.3 Å². The first-order valence-electron chi connectivity index (χ1n) is 8.22. The summed E-state index contributed by atoms with van der Waals surface area (Å²) in [7, 11) is 0. The van der Waals surface area contributed by atoms with E-state index in [1.54, 1.807) is 0 Å². The molecule has 3 rings (SSSR count). The van der Waals surface area contributed by atoms with E-state index in [1.165, 1.54) is 11.1 Å². The summed E-state index contributed by atoms with van der Waals surface area (Å²) in [5.74, 6) is 1.26. The molecular formula is C19H23N3O. The quantitative estimate of drug-likeness (QED) is 0.871. The van der Waals surface area contributed by atoms with Gasteiger partial charge >= 0.3 is 0 Å². The maximum absolute atomic E-state index is 12.4. The van der Waals surface area contributed by atoms with E-state index in [9.17, 15) is 4.79 Å². The Balaban J connectivity index is 1.50. The highest BCUT2D eigenvalue weighted by atomic mass is 16.2. The third kappa shape index (κ3) is 3.89. The fourth-order valence-electron chi connectivity index (χ4n) is 3.02. The van der Waals surface area contributed by atoms with Gasteiger partial charge < -0.3 is 9.80 Å². The summed E-state index contributed by atoms with van der Waals surface area (Å²) in [6, 6.07) is 14.2. The number of rotatable bonds is 4. The number of benzene rings is 1. The Kier molecular flexibility index (Phi) is 4.91. The average molecular weight is 309 g/mol. The van der Waals surface area contributed by atoms with Crippen molar-refractivity contribution in [1.82, 2.24) is 9.88 Å². The van der Waals surface area contributed by atoms with Gasteiger partial charge in [-0.2, -0.15) is 0 Å². The summed E-state index contributed by atoms with van der Waals surface area (Å²) in [5, 5.41) is 0. The predicted octanol–water partition coefficient (Wildman–Crippen LogP) is 2.67. The summed E-state index contributed by atoms with van der Waals surface area (Å²) >= 11 is 0. The van der Waals surface area contributed by atoms with Gasteiger partial charge in [0.15, 0.2) is 0 Å². The van der Waals surface area contributed by atoms with Crippen LogP contribution in [0.15, 0.2) is 48.7 Å². The Hall–Kier alpha value is -2.36. The monoisotopic (exact) mass is 309 g/mol. The molecule has 0 unspecified atom stereocenters. The zero-order valence-corrected chi connectivity index (χ0v) is 13.6. The van der Waals surface area contributed by atoms with E-state index in [-0.39, 0.29) is 5.91 Å². The molecule has 2 aromatic rings. The Morgan fingerprint density at radius 1 is 1.04 bits per heavy atom. The van der Waals surface area contributed by atoms with E-state index < -0.39 is 0 Å². The van der Waals surface area contributed by atoms with Gasteiger partial charge in [0.25, 0.3) is 0 Å². The van der Waals surface area contributed by atoms with E-state index in [2.05, 4.69) is 28.9 Å². The number of aromatic nitrogens is 1. The molecule has 1 fully saturated rings. The standard InChI is InChI=1S/C19H23N3O/c1-16-6-2-3-7-17(16)9-10-19(23)22-14-12-21(13-15-22)18-8-4-5-11-20-18/h2-8,11H,9-10,12-15H2,1H3. The third-order valence-corrected chi connectivity index (χ3v) is 4.48. The molecule has 4 nitrogen and oxygen atoms in total. The highest BCUT2D eigenvalue weighted by Gasteiger charge is 2.21. The molecule has 1 amide bonds. The van der Waals surface area contributed by atoms with E-state index in [0.717, 1.165) is 38.4 Å². The molecule has 1 saturated heterocycles. The lowest BCUT2D eigenvalue weighted by atomic mass is 10.0. The highest BCUT2D eigenvalue weighted by Crippen LogP contribution is 2.14. The number of amides is 1. The Morgan fingerprint density at radius 3 is 2.48 bits per heavy atom. The van der Waals surface area contributed by atoms with Gasteiger partial charge in [-0.25, -0.2) is 4.98 Å². The second-order valence-electron chi connectivity index (χ2n) is 5.98. The lowest BCUT2D eigenvalue weighted by Gasteiger charge is -2.35. The van der Waals surface area contributed by atoms with Crippen LogP contribution in [-0.4, -0.2) is 42.0 Å². The van der Waals surface area contributed by atoms with Crippen molar-refractivity contribution in [3.05, 3.63) is 59.8 Å². The number of carbonyl (C=O) groups is 1. The van der Waals surface area contributed by atoms with Crippen LogP contribution in [0.5, 0.6) is 0 Å². The molecule has 1 aliphatic rings. The van der Waals surface area contributed by atoms with Crippen molar-refractivity contribution in [2.24, 2.45) is 0 Å². The first kappa shape index (κ1) is 15.5. The number of nitrogens with zero attached hydrogens (tertiary/aromatic N) is 3. The van der Waals surface area contributed by atoms with Gasteiger partial charge in [0.1, 0.15) is 5.82 Å². The maximum atomic E-state index is 12.4. The minimum Gasteiger partial charge on any atom is -0.353 e. The second kappa shape index (κ2) is 7.27. The van der Waals surface area contributed by atoms with Crippen molar-refractivity contribution >= 4 is 11.7 Å². The van der Waals surface area contributed by atoms with E-state index in [0.29, 0.717) is 6.42 Å². The zero-order chi connectivity index (χ0) is 16.1. The molecule has 0 atom stereocenters. The van der Waals surface area contributed by atoms with E-state index >= 15 is 0 Å². The van der Waals surface area contributed by atoms with Gasteiger partial charge in [-0.15, -0.1) is 0 Å². The number of carbonyl (C=O) groups excluding carboxylic acids is 1. The topological polar surface area (TPSA) is 36.4 Å². The smallest absolute Gasteiger partial charge is 0.223 e. The summed E-state index contributed by atoms with van der Waals surface area (Å²) in [4.78, 5) is 21.0. The van der Waals surface area contributed by atoms with E-state index in [1.807, 2.05) is 41.4 Å². The minimum atomic E-state index is 0.258. The van der Waals surface area contributed by atoms with Gasteiger partial charge in [-0.05, 0) is 36.6 Å². The molecule has 4 heteroatoms. The van der Waals surface area contributed by atoms with Crippen LogP contribution < -0.4 is 4.90 Å². The van der Waals surface area contributed by atoms with Gasteiger partial charge in [0.05, 0.1) is 0 Å². The van der Waals surface area contributed by atoms with Gasteiger partial charge in [0.2, 0.25) is 5.91 Å². The first-order valence-corrected chi connectivity index (χ1v) is 8.22. The van der Waals surface area contributed by atoms with Gasteiger partial charge in [0, 0.05) is 38.8 Å². The van der Waals surface area contributed by atoms with Crippen LogP contribution in [-0.2, 0) is 11.2 Å². The van der Waals surface area contributed by atoms with Crippen LogP contribution in [0.2, 0.25) is 0 Å². The molecule has 1 aromatic heterocycles. The lowest BCUT2D eigenvalue weighted by Crippen LogP contribution is -2.49. The largest absolute Gasteiger partial charge is 0.353 e. The molecule has 0 N–H and O–H groups in total. The molecule has 1 aromatic carbocycles. The molecule has 2 heterocycles. The summed E-state index contributed by atoms with van der Waals surface area (Å²) in [6.07, 6.45) is 3.23.